The summed E-state index contributed by atoms with van der Waals surface area (Å²) in [7, 11) is 1.81. The number of hydrogen-bond donors (Lipinski definition) is 1. The first-order valence-corrected chi connectivity index (χ1v) is 13.8. The minimum absolute atomic E-state index is 0.0235. The molecule has 0 aliphatic carbocycles. The molecule has 41 heavy (non-hydrogen) atoms. The maximum absolute atomic E-state index is 15.7. The number of thiophene rings is 1. The summed E-state index contributed by atoms with van der Waals surface area (Å²) in [5.41, 5.74) is 3.44. The number of hydrogen-bond acceptors (Lipinski definition) is 7. The molecule has 1 N–H and O–H groups in total. The predicted molar refractivity (Wildman–Crippen MR) is 151 cm³/mol. The Balaban J connectivity index is 1.63. The Bertz CT molecular complexity index is 1810. The normalized spacial score (nSPS) is 14.9. The number of benzene rings is 1. The van der Waals surface area contributed by atoms with Crippen LogP contribution in [0.5, 0.6) is 5.75 Å². The van der Waals surface area contributed by atoms with Crippen molar-refractivity contribution in [3.8, 4) is 39.5 Å². The Kier molecular flexibility index (Phi) is 6.88. The van der Waals surface area contributed by atoms with E-state index in [4.69, 9.17) is 14.8 Å². The van der Waals surface area contributed by atoms with Gasteiger partial charge in [-0.05, 0) is 30.5 Å². The SMILES string of the molecule is C=CC(=O)N1Cc2cc(-c3nc(-c4cnn(C)c4)c4ccsc4c3-c3c(F)cc(F)cc3OCCO)nn2C[C@H]1C. The first kappa shape index (κ1) is 26.8. The van der Waals surface area contributed by atoms with E-state index >= 15 is 4.39 Å². The molecule has 1 aromatic carbocycles. The van der Waals surface area contributed by atoms with E-state index < -0.39 is 11.6 Å². The Morgan fingerprint density at radius 3 is 2.83 bits per heavy atom. The van der Waals surface area contributed by atoms with E-state index in [1.165, 1.54) is 17.4 Å². The molecule has 0 radical (unpaired) electrons. The van der Waals surface area contributed by atoms with Gasteiger partial charge < -0.3 is 14.7 Å². The number of nitrogens with zero attached hydrogens (tertiary/aromatic N) is 6. The van der Waals surface area contributed by atoms with Crippen LogP contribution in [-0.2, 0) is 24.9 Å². The molecule has 0 saturated heterocycles. The lowest BCUT2D eigenvalue weighted by atomic mass is 9.97. The number of amides is 1. The molecule has 9 nitrogen and oxygen atoms in total. The molecule has 1 amide bonds. The molecule has 5 heterocycles. The van der Waals surface area contributed by atoms with Gasteiger partial charge in [-0.25, -0.2) is 13.8 Å². The Morgan fingerprint density at radius 1 is 1.27 bits per heavy atom. The van der Waals surface area contributed by atoms with Gasteiger partial charge in [-0.15, -0.1) is 11.3 Å². The van der Waals surface area contributed by atoms with Gasteiger partial charge in [-0.1, -0.05) is 6.58 Å². The van der Waals surface area contributed by atoms with Crippen LogP contribution in [-0.4, -0.2) is 59.7 Å². The van der Waals surface area contributed by atoms with Crippen LogP contribution in [0.25, 0.3) is 43.9 Å². The van der Waals surface area contributed by atoms with E-state index in [0.717, 1.165) is 28.8 Å². The highest BCUT2D eigenvalue weighted by Gasteiger charge is 2.30. The Morgan fingerprint density at radius 2 is 2.10 bits per heavy atom. The molecule has 0 unspecified atom stereocenters. The van der Waals surface area contributed by atoms with E-state index in [1.54, 1.807) is 15.8 Å². The number of halogens is 2. The van der Waals surface area contributed by atoms with E-state index in [-0.39, 0.29) is 36.5 Å². The number of aliphatic hydroxyl groups excluding tert-OH is 1. The maximum atomic E-state index is 15.7. The van der Waals surface area contributed by atoms with Gasteiger partial charge in [0.25, 0.3) is 0 Å². The van der Waals surface area contributed by atoms with Crippen molar-refractivity contribution >= 4 is 27.3 Å². The smallest absolute Gasteiger partial charge is 0.246 e. The number of ether oxygens (including phenoxy) is 1. The van der Waals surface area contributed by atoms with Gasteiger partial charge in [0.1, 0.15) is 35.4 Å². The molecule has 1 atom stereocenters. The second kappa shape index (κ2) is 10.5. The predicted octanol–water partition coefficient (Wildman–Crippen LogP) is 4.79. The highest BCUT2D eigenvalue weighted by atomic mass is 32.1. The Hall–Kier alpha value is -4.42. The number of aromatic nitrogens is 5. The summed E-state index contributed by atoms with van der Waals surface area (Å²) in [5, 5.41) is 21.2. The Labute approximate surface area is 237 Å². The molecule has 0 saturated carbocycles. The first-order valence-electron chi connectivity index (χ1n) is 12.9. The van der Waals surface area contributed by atoms with Gasteiger partial charge in [-0.3, -0.25) is 14.2 Å². The summed E-state index contributed by atoms with van der Waals surface area (Å²) >= 11 is 1.39. The van der Waals surface area contributed by atoms with Crippen LogP contribution in [0, 0.1) is 11.6 Å². The zero-order valence-corrected chi connectivity index (χ0v) is 23.2. The summed E-state index contributed by atoms with van der Waals surface area (Å²) in [6.45, 7) is 5.85. The molecule has 4 aromatic heterocycles. The van der Waals surface area contributed by atoms with Gasteiger partial charge >= 0.3 is 0 Å². The van der Waals surface area contributed by atoms with E-state index in [2.05, 4.69) is 11.7 Å². The van der Waals surface area contributed by atoms with Crippen LogP contribution in [0.2, 0.25) is 0 Å². The maximum Gasteiger partial charge on any atom is 0.246 e. The van der Waals surface area contributed by atoms with Crippen LogP contribution in [0.3, 0.4) is 0 Å². The highest BCUT2D eigenvalue weighted by molar-refractivity contribution is 7.18. The molecular formula is C29H26F2N6O3S. The third-order valence-electron chi connectivity index (χ3n) is 7.07. The van der Waals surface area contributed by atoms with E-state index in [0.29, 0.717) is 40.4 Å². The van der Waals surface area contributed by atoms with Crippen molar-refractivity contribution < 1.29 is 23.4 Å². The van der Waals surface area contributed by atoms with Crippen molar-refractivity contribution in [1.82, 2.24) is 29.4 Å². The van der Waals surface area contributed by atoms with E-state index in [1.807, 2.05) is 42.4 Å². The number of aliphatic hydroxyl groups is 1. The zero-order chi connectivity index (χ0) is 28.8. The molecular weight excluding hydrogens is 550 g/mol. The van der Waals surface area contributed by atoms with Gasteiger partial charge in [0.2, 0.25) is 5.91 Å². The number of fused-ring (bicyclic) bond motifs is 2. The van der Waals surface area contributed by atoms with E-state index in [9.17, 15) is 14.3 Å². The average molecular weight is 577 g/mol. The second-order valence-electron chi connectivity index (χ2n) is 9.81. The topological polar surface area (TPSA) is 98.3 Å². The lowest BCUT2D eigenvalue weighted by Gasteiger charge is -2.33. The number of aryl methyl sites for hydroxylation is 1. The molecule has 0 spiro atoms. The number of carbonyl (C=O) groups is 1. The number of rotatable bonds is 7. The molecule has 0 fully saturated rings. The van der Waals surface area contributed by atoms with Crippen molar-refractivity contribution in [3.05, 3.63) is 72.0 Å². The largest absolute Gasteiger partial charge is 0.490 e. The fraction of sp³-hybridized carbons (Fsp3) is 0.241. The van der Waals surface area contributed by atoms with Gasteiger partial charge in [-0.2, -0.15) is 10.2 Å². The number of pyridine rings is 1. The summed E-state index contributed by atoms with van der Waals surface area (Å²) in [6, 6.07) is 5.52. The fourth-order valence-electron chi connectivity index (χ4n) is 5.22. The second-order valence-corrected chi connectivity index (χ2v) is 10.7. The van der Waals surface area contributed by atoms with Crippen LogP contribution in [0.15, 0.2) is 54.7 Å². The highest BCUT2D eigenvalue weighted by Crippen LogP contribution is 2.47. The molecule has 5 aromatic rings. The summed E-state index contributed by atoms with van der Waals surface area (Å²) in [6.07, 6.45) is 4.84. The van der Waals surface area contributed by atoms with Crippen LogP contribution < -0.4 is 4.74 Å². The quantitative estimate of drug-likeness (QED) is 0.280. The molecule has 12 heteroatoms. The third kappa shape index (κ3) is 4.68. The number of carbonyl (C=O) groups excluding carboxylic acids is 1. The molecule has 6 rings (SSSR count). The van der Waals surface area contributed by atoms with Crippen LogP contribution in [0.1, 0.15) is 12.6 Å². The average Bonchev–Trinajstić information content (AvgIpc) is 3.70. The van der Waals surface area contributed by atoms with Gasteiger partial charge in [0.05, 0.1) is 42.8 Å². The summed E-state index contributed by atoms with van der Waals surface area (Å²) in [5.74, 6) is -1.86. The lowest BCUT2D eigenvalue weighted by molar-refractivity contribution is -0.129. The molecule has 0 bridgehead atoms. The first-order chi connectivity index (χ1) is 19.8. The van der Waals surface area contributed by atoms with Crippen molar-refractivity contribution in [1.29, 1.82) is 0 Å². The molecule has 1 aliphatic heterocycles. The van der Waals surface area contributed by atoms with Crippen molar-refractivity contribution in [2.75, 3.05) is 13.2 Å². The fourth-order valence-corrected chi connectivity index (χ4v) is 6.16. The lowest BCUT2D eigenvalue weighted by Crippen LogP contribution is -2.44. The van der Waals surface area contributed by atoms with Crippen LogP contribution >= 0.6 is 11.3 Å². The van der Waals surface area contributed by atoms with Gasteiger partial charge in [0, 0.05) is 52.6 Å². The summed E-state index contributed by atoms with van der Waals surface area (Å²) < 4.78 is 40.0. The van der Waals surface area contributed by atoms with Crippen molar-refractivity contribution in [2.45, 2.75) is 26.1 Å². The van der Waals surface area contributed by atoms with Crippen LogP contribution in [0.4, 0.5) is 8.78 Å². The van der Waals surface area contributed by atoms with Crippen molar-refractivity contribution in [2.24, 2.45) is 7.05 Å². The zero-order valence-electron chi connectivity index (χ0n) is 22.3. The molecule has 210 valence electrons. The minimum atomic E-state index is -0.829. The summed E-state index contributed by atoms with van der Waals surface area (Å²) in [4.78, 5) is 19.2. The standard InChI is InChI=1S/C29H26F2N6O3S/c1-4-24(39)36-15-19-11-22(34-37(19)13-16(36)2)28-26(25-21(31)9-18(30)10-23(25)40-7-6-38)29-20(5-8-41-29)27(33-28)17-12-32-35(3)14-17/h4-5,8-12,14,16,38H,1,6-7,13,15H2,2-3H3/t16-/m1/s1. The molecule has 1 aliphatic rings. The monoisotopic (exact) mass is 576 g/mol. The van der Waals surface area contributed by atoms with Gasteiger partial charge in [0.15, 0.2) is 0 Å². The minimum Gasteiger partial charge on any atom is -0.490 e. The third-order valence-corrected chi connectivity index (χ3v) is 8.00. The van der Waals surface area contributed by atoms with Crippen molar-refractivity contribution in [3.63, 3.8) is 0 Å².